The van der Waals surface area contributed by atoms with Gasteiger partial charge in [-0.05, 0) is 31.2 Å². The molecule has 1 atom stereocenters. The molecule has 3 nitrogen and oxygen atoms in total. The van der Waals surface area contributed by atoms with Gasteiger partial charge in [0, 0.05) is 49.9 Å². The Hall–Kier alpha value is -1.98. The molecular formula is C20H24F2N2O. The zero-order valence-corrected chi connectivity index (χ0v) is 14.7. The van der Waals surface area contributed by atoms with Crippen LogP contribution in [0.25, 0.3) is 0 Å². The topological polar surface area (TPSA) is 15.7 Å². The van der Waals surface area contributed by atoms with Gasteiger partial charge in [-0.3, -0.25) is 9.80 Å². The molecule has 0 amide bonds. The van der Waals surface area contributed by atoms with E-state index in [0.29, 0.717) is 12.3 Å². The smallest absolute Gasteiger partial charge is 0.127 e. The van der Waals surface area contributed by atoms with Gasteiger partial charge in [0.25, 0.3) is 0 Å². The molecular weight excluding hydrogens is 322 g/mol. The molecule has 5 heteroatoms. The van der Waals surface area contributed by atoms with Crippen molar-refractivity contribution in [3.8, 4) is 5.75 Å². The summed E-state index contributed by atoms with van der Waals surface area (Å²) in [5, 5.41) is 0. The molecule has 25 heavy (non-hydrogen) atoms. The van der Waals surface area contributed by atoms with Gasteiger partial charge in [0.2, 0.25) is 0 Å². The van der Waals surface area contributed by atoms with Gasteiger partial charge in [-0.25, -0.2) is 8.78 Å². The van der Waals surface area contributed by atoms with Gasteiger partial charge >= 0.3 is 0 Å². The molecule has 1 unspecified atom stereocenters. The molecule has 0 radical (unpaired) electrons. The summed E-state index contributed by atoms with van der Waals surface area (Å²) >= 11 is 0. The molecule has 1 fully saturated rings. The van der Waals surface area contributed by atoms with Crippen molar-refractivity contribution >= 4 is 0 Å². The average Bonchev–Trinajstić information content (AvgIpc) is 2.62. The number of halogens is 2. The third kappa shape index (κ3) is 4.17. The summed E-state index contributed by atoms with van der Waals surface area (Å²) in [7, 11) is 1.60. The van der Waals surface area contributed by atoms with Crippen LogP contribution in [0.1, 0.15) is 24.1 Å². The maximum absolute atomic E-state index is 14.0. The number of nitrogens with zero attached hydrogens (tertiary/aromatic N) is 2. The van der Waals surface area contributed by atoms with Gasteiger partial charge in [-0.15, -0.1) is 0 Å². The van der Waals surface area contributed by atoms with Gasteiger partial charge in [-0.2, -0.15) is 0 Å². The van der Waals surface area contributed by atoms with Crippen LogP contribution in [0.5, 0.6) is 5.75 Å². The number of methoxy groups -OCH3 is 1. The van der Waals surface area contributed by atoms with E-state index in [-0.39, 0.29) is 17.7 Å². The molecule has 0 aromatic heterocycles. The largest absolute Gasteiger partial charge is 0.496 e. The molecule has 1 saturated heterocycles. The zero-order valence-electron chi connectivity index (χ0n) is 14.7. The van der Waals surface area contributed by atoms with Gasteiger partial charge in [0.15, 0.2) is 0 Å². The Kier molecular flexibility index (Phi) is 5.66. The fourth-order valence-electron chi connectivity index (χ4n) is 3.43. The first-order valence-electron chi connectivity index (χ1n) is 8.61. The molecule has 1 aliphatic heterocycles. The van der Waals surface area contributed by atoms with E-state index >= 15 is 0 Å². The molecule has 2 aromatic carbocycles. The van der Waals surface area contributed by atoms with Crippen molar-refractivity contribution in [2.75, 3.05) is 33.3 Å². The molecule has 0 spiro atoms. The van der Waals surface area contributed by atoms with E-state index in [0.717, 1.165) is 37.3 Å². The molecule has 1 aliphatic rings. The fourth-order valence-corrected chi connectivity index (χ4v) is 3.43. The summed E-state index contributed by atoms with van der Waals surface area (Å²) in [6.45, 7) is 6.13. The van der Waals surface area contributed by atoms with E-state index in [1.165, 1.54) is 18.2 Å². The van der Waals surface area contributed by atoms with Crippen LogP contribution in [-0.4, -0.2) is 43.1 Å². The van der Waals surface area contributed by atoms with Crippen molar-refractivity contribution < 1.29 is 13.5 Å². The molecule has 0 N–H and O–H groups in total. The van der Waals surface area contributed by atoms with Crippen LogP contribution in [0.3, 0.4) is 0 Å². The minimum absolute atomic E-state index is 0.0482. The summed E-state index contributed by atoms with van der Waals surface area (Å²) in [5.74, 6) is 0.313. The predicted octanol–water partition coefficient (Wildman–Crippen LogP) is 3.85. The summed E-state index contributed by atoms with van der Waals surface area (Å²) in [6.07, 6.45) is 0. The Bertz CT molecular complexity index is 715. The van der Waals surface area contributed by atoms with Crippen molar-refractivity contribution in [3.63, 3.8) is 0 Å². The highest BCUT2D eigenvalue weighted by Gasteiger charge is 2.24. The SMILES string of the molecule is COc1ccc(F)cc1CN1CCN(C(C)c2ccccc2F)CC1. The maximum atomic E-state index is 14.0. The lowest BCUT2D eigenvalue weighted by Gasteiger charge is -2.38. The summed E-state index contributed by atoms with van der Waals surface area (Å²) in [6, 6.07) is 11.6. The van der Waals surface area contributed by atoms with Gasteiger partial charge < -0.3 is 4.74 Å². The van der Waals surface area contributed by atoms with Crippen LogP contribution in [0.15, 0.2) is 42.5 Å². The van der Waals surface area contributed by atoms with Gasteiger partial charge in [0.1, 0.15) is 17.4 Å². The summed E-state index contributed by atoms with van der Waals surface area (Å²) in [4.78, 5) is 4.57. The lowest BCUT2D eigenvalue weighted by atomic mass is 10.1. The lowest BCUT2D eigenvalue weighted by molar-refractivity contribution is 0.0959. The standard InChI is InChI=1S/C20H24F2N2O/c1-15(18-5-3-4-6-19(18)22)24-11-9-23(10-12-24)14-16-13-17(21)7-8-20(16)25-2/h3-8,13,15H,9-12,14H2,1-2H3. The highest BCUT2D eigenvalue weighted by atomic mass is 19.1. The molecule has 2 aromatic rings. The molecule has 0 aliphatic carbocycles. The van der Waals surface area contributed by atoms with Gasteiger partial charge in [-0.1, -0.05) is 18.2 Å². The van der Waals surface area contributed by atoms with Crippen LogP contribution < -0.4 is 4.74 Å². The van der Waals surface area contributed by atoms with Crippen molar-refractivity contribution in [2.45, 2.75) is 19.5 Å². The van der Waals surface area contributed by atoms with E-state index in [1.807, 2.05) is 19.1 Å². The summed E-state index contributed by atoms with van der Waals surface area (Å²) < 4.78 is 32.8. The van der Waals surface area contributed by atoms with Crippen LogP contribution in [0.4, 0.5) is 8.78 Å². The normalized spacial score (nSPS) is 17.4. The van der Waals surface area contributed by atoms with E-state index in [4.69, 9.17) is 4.74 Å². The second kappa shape index (κ2) is 7.93. The first-order chi connectivity index (χ1) is 12.1. The number of benzene rings is 2. The highest BCUT2D eigenvalue weighted by Crippen LogP contribution is 2.26. The molecule has 1 heterocycles. The number of rotatable bonds is 5. The molecule has 0 saturated carbocycles. The Morgan fingerprint density at radius 2 is 1.76 bits per heavy atom. The van der Waals surface area contributed by atoms with E-state index in [2.05, 4.69) is 9.80 Å². The average molecular weight is 346 g/mol. The second-order valence-corrected chi connectivity index (χ2v) is 6.47. The number of hydrogen-bond donors (Lipinski definition) is 0. The third-order valence-corrected chi connectivity index (χ3v) is 4.95. The lowest BCUT2D eigenvalue weighted by Crippen LogP contribution is -2.46. The number of ether oxygens (including phenoxy) is 1. The second-order valence-electron chi connectivity index (χ2n) is 6.47. The first-order valence-corrected chi connectivity index (χ1v) is 8.61. The van der Waals surface area contributed by atoms with Crippen molar-refractivity contribution in [2.24, 2.45) is 0 Å². The highest BCUT2D eigenvalue weighted by molar-refractivity contribution is 5.34. The van der Waals surface area contributed by atoms with E-state index < -0.39 is 0 Å². The third-order valence-electron chi connectivity index (χ3n) is 4.95. The zero-order chi connectivity index (χ0) is 17.8. The van der Waals surface area contributed by atoms with Gasteiger partial charge in [0.05, 0.1) is 7.11 Å². The maximum Gasteiger partial charge on any atom is 0.127 e. The van der Waals surface area contributed by atoms with Crippen molar-refractivity contribution in [1.29, 1.82) is 0 Å². The predicted molar refractivity (Wildman–Crippen MR) is 94.6 cm³/mol. The Morgan fingerprint density at radius 3 is 2.44 bits per heavy atom. The monoisotopic (exact) mass is 346 g/mol. The molecule has 3 rings (SSSR count). The van der Waals surface area contributed by atoms with Crippen LogP contribution in [0.2, 0.25) is 0 Å². The minimum atomic E-state index is -0.248. The van der Waals surface area contributed by atoms with Crippen LogP contribution >= 0.6 is 0 Å². The first kappa shape index (κ1) is 17.8. The Labute approximate surface area is 147 Å². The van der Waals surface area contributed by atoms with E-state index in [1.54, 1.807) is 19.2 Å². The summed E-state index contributed by atoms with van der Waals surface area (Å²) in [5.41, 5.74) is 1.60. The molecule has 0 bridgehead atoms. The number of hydrogen-bond acceptors (Lipinski definition) is 3. The number of piperazine rings is 1. The van der Waals surface area contributed by atoms with Crippen molar-refractivity contribution in [3.05, 3.63) is 65.2 Å². The van der Waals surface area contributed by atoms with E-state index in [9.17, 15) is 8.78 Å². The Balaban J connectivity index is 1.61. The Morgan fingerprint density at radius 1 is 1.04 bits per heavy atom. The quantitative estimate of drug-likeness (QED) is 0.818. The van der Waals surface area contributed by atoms with Crippen LogP contribution in [0, 0.1) is 11.6 Å². The minimum Gasteiger partial charge on any atom is -0.496 e. The molecule has 134 valence electrons. The van der Waals surface area contributed by atoms with Crippen LogP contribution in [-0.2, 0) is 6.54 Å². The fraction of sp³-hybridized carbons (Fsp3) is 0.400. The van der Waals surface area contributed by atoms with Crippen molar-refractivity contribution in [1.82, 2.24) is 9.80 Å².